The van der Waals surface area contributed by atoms with Crippen molar-refractivity contribution in [2.45, 2.75) is 51.4 Å². The molecule has 57 heavy (non-hydrogen) atoms. The molecule has 6 aromatic carbocycles. The predicted molar refractivity (Wildman–Crippen MR) is 230 cm³/mol. The van der Waals surface area contributed by atoms with Crippen molar-refractivity contribution in [1.29, 1.82) is 0 Å². The first-order valence-corrected chi connectivity index (χ1v) is 19.7. The van der Waals surface area contributed by atoms with Crippen LogP contribution in [0.4, 0.5) is 11.4 Å². The molecule has 2 amide bonds. The minimum Gasteiger partial charge on any atom is -0.337 e. The van der Waals surface area contributed by atoms with Gasteiger partial charge in [0.1, 0.15) is 6.61 Å². The highest BCUT2D eigenvalue weighted by Crippen LogP contribution is 2.56. The Bertz CT molecular complexity index is 2480. The summed E-state index contributed by atoms with van der Waals surface area (Å²) in [6, 6.07) is 44.0. The fraction of sp³-hybridized carbons (Fsp3) is 0.176. The van der Waals surface area contributed by atoms with Gasteiger partial charge in [0.25, 0.3) is 11.8 Å². The monoisotopic (exact) mass is 750 g/mol. The first-order valence-electron chi connectivity index (χ1n) is 19.7. The molecule has 1 spiro atoms. The van der Waals surface area contributed by atoms with Gasteiger partial charge >= 0.3 is 0 Å². The van der Waals surface area contributed by atoms with Crippen LogP contribution in [0, 0.1) is 13.8 Å². The maximum atomic E-state index is 12.8. The van der Waals surface area contributed by atoms with Crippen molar-refractivity contribution in [2.24, 2.45) is 0 Å². The van der Waals surface area contributed by atoms with E-state index in [1.807, 2.05) is 129 Å². The lowest BCUT2D eigenvalue weighted by Gasteiger charge is -2.30. The normalized spacial score (nSPS) is 15.5. The van der Waals surface area contributed by atoms with Gasteiger partial charge in [-0.3, -0.25) is 9.59 Å². The van der Waals surface area contributed by atoms with Crippen molar-refractivity contribution in [2.75, 3.05) is 17.2 Å². The van der Waals surface area contributed by atoms with Gasteiger partial charge in [0.15, 0.2) is 5.75 Å². The van der Waals surface area contributed by atoms with Crippen molar-refractivity contribution in [3.63, 3.8) is 0 Å². The van der Waals surface area contributed by atoms with Gasteiger partial charge in [0.05, 0.1) is 0 Å². The van der Waals surface area contributed by atoms with Crippen LogP contribution in [0.1, 0.15) is 83.6 Å². The number of nitrogens with one attached hydrogen (secondary N) is 2. The third-order valence-electron chi connectivity index (χ3n) is 11.3. The summed E-state index contributed by atoms with van der Waals surface area (Å²) < 4.78 is 0. The second-order valence-electron chi connectivity index (χ2n) is 15.0. The van der Waals surface area contributed by atoms with Gasteiger partial charge in [0, 0.05) is 33.5 Å². The van der Waals surface area contributed by atoms with Crippen LogP contribution < -0.4 is 15.5 Å². The summed E-state index contributed by atoms with van der Waals surface area (Å²) in [7, 11) is 0. The third-order valence-corrected chi connectivity index (χ3v) is 11.3. The number of allylic oxidation sites excluding steroid dienone is 1. The zero-order valence-electron chi connectivity index (χ0n) is 32.4. The molecule has 1 atom stereocenters. The van der Waals surface area contributed by atoms with Gasteiger partial charge in [-0.1, -0.05) is 115 Å². The van der Waals surface area contributed by atoms with Crippen molar-refractivity contribution in [3.8, 4) is 5.75 Å². The molecule has 8 rings (SSSR count). The van der Waals surface area contributed by atoms with Crippen LogP contribution in [0.15, 0.2) is 146 Å². The number of fused-ring (bicyclic) bond motifs is 4. The molecule has 284 valence electrons. The highest BCUT2D eigenvalue weighted by molar-refractivity contribution is 6.06. The molecule has 6 heteroatoms. The lowest BCUT2D eigenvalue weighted by atomic mass is 9.74. The Hall–Kier alpha value is -6.50. The number of amides is 2. The average Bonchev–Trinajstić information content (AvgIpc) is 3.81. The number of carbonyl (C=O) groups excluding carboxylic acids is 2. The van der Waals surface area contributed by atoms with E-state index in [0.29, 0.717) is 11.1 Å². The van der Waals surface area contributed by atoms with Gasteiger partial charge < -0.3 is 15.5 Å². The second-order valence-corrected chi connectivity index (χ2v) is 15.0. The van der Waals surface area contributed by atoms with E-state index in [1.165, 1.54) is 27.8 Å². The van der Waals surface area contributed by atoms with Gasteiger partial charge in [0.2, 0.25) is 0 Å². The van der Waals surface area contributed by atoms with Crippen LogP contribution in [-0.2, 0) is 29.6 Å². The Labute approximate surface area is 334 Å². The molecule has 6 aromatic rings. The van der Waals surface area contributed by atoms with E-state index >= 15 is 0 Å². The molecule has 0 aromatic heterocycles. The number of anilines is 2. The standard InChI is InChI=1S/C51H46N2O4/c1-35-11-3-5-19-44(35)49(54)52-42-26-22-37(23-27-42)13-7-15-39-16-8-17-40-30-32-51(47(39)40)33-31-41-18-9-21-46(48(41)51)57-56-34-10-14-38-24-28-43(29-25-38)53-50(55)45-20-6-4-12-36(45)2/h3-14,16-29H,15,30-34H2,1-2H3,(H,52,54)(H,53,55)/b13-7+,14-10+. The number of carbonyl (C=O) groups is 2. The van der Waals surface area contributed by atoms with Crippen molar-refractivity contribution >= 4 is 35.3 Å². The van der Waals surface area contributed by atoms with Crippen LogP contribution >= 0.6 is 0 Å². The summed E-state index contributed by atoms with van der Waals surface area (Å²) in [6.07, 6.45) is 13.3. The summed E-state index contributed by atoms with van der Waals surface area (Å²) in [5.41, 5.74) is 13.5. The highest BCUT2D eigenvalue weighted by atomic mass is 17.2. The number of hydrogen-bond acceptors (Lipinski definition) is 4. The summed E-state index contributed by atoms with van der Waals surface area (Å²) in [6.45, 7) is 4.17. The van der Waals surface area contributed by atoms with E-state index in [9.17, 15) is 9.59 Å². The van der Waals surface area contributed by atoms with E-state index in [4.69, 9.17) is 9.78 Å². The summed E-state index contributed by atoms with van der Waals surface area (Å²) in [4.78, 5) is 37.4. The van der Waals surface area contributed by atoms with E-state index in [2.05, 4.69) is 53.1 Å². The van der Waals surface area contributed by atoms with Gasteiger partial charge in [-0.05, 0) is 133 Å². The first-order chi connectivity index (χ1) is 27.9. The third kappa shape index (κ3) is 8.09. The van der Waals surface area contributed by atoms with E-state index in [1.54, 1.807) is 0 Å². The average molecular weight is 751 g/mol. The predicted octanol–water partition coefficient (Wildman–Crippen LogP) is 11.3. The summed E-state index contributed by atoms with van der Waals surface area (Å²) in [5, 5.41) is 6.00. The van der Waals surface area contributed by atoms with Crippen LogP contribution in [0.2, 0.25) is 0 Å². The molecular formula is C51H46N2O4. The first kappa shape index (κ1) is 37.4. The minimum absolute atomic E-state index is 0.102. The van der Waals surface area contributed by atoms with E-state index in [0.717, 1.165) is 71.5 Å². The van der Waals surface area contributed by atoms with Crippen LogP contribution in [0.5, 0.6) is 5.75 Å². The Kier molecular flexibility index (Phi) is 11.0. The van der Waals surface area contributed by atoms with Crippen molar-refractivity contribution in [3.05, 3.63) is 207 Å². The number of aryl methyl sites for hydroxylation is 4. The topological polar surface area (TPSA) is 76.7 Å². The molecule has 0 heterocycles. The zero-order valence-corrected chi connectivity index (χ0v) is 32.4. The van der Waals surface area contributed by atoms with E-state index < -0.39 is 0 Å². The molecular weight excluding hydrogens is 705 g/mol. The summed E-state index contributed by atoms with van der Waals surface area (Å²) in [5.74, 6) is 0.571. The quantitative estimate of drug-likeness (QED) is 0.0742. The Morgan fingerprint density at radius 1 is 0.596 bits per heavy atom. The largest absolute Gasteiger partial charge is 0.337 e. The van der Waals surface area contributed by atoms with Crippen LogP contribution in [-0.4, -0.2) is 18.4 Å². The van der Waals surface area contributed by atoms with Gasteiger partial charge in [-0.25, -0.2) is 0 Å². The molecule has 1 unspecified atom stereocenters. The van der Waals surface area contributed by atoms with Crippen LogP contribution in [0.3, 0.4) is 0 Å². The molecule has 0 saturated heterocycles. The van der Waals surface area contributed by atoms with Crippen molar-refractivity contribution < 1.29 is 19.4 Å². The summed E-state index contributed by atoms with van der Waals surface area (Å²) >= 11 is 0. The Balaban J connectivity index is 0.902. The molecule has 0 fully saturated rings. The van der Waals surface area contributed by atoms with Crippen LogP contribution in [0.25, 0.3) is 12.2 Å². The molecule has 0 bridgehead atoms. The molecule has 2 aliphatic carbocycles. The van der Waals surface area contributed by atoms with Gasteiger partial charge in [-0.2, -0.15) is 4.89 Å². The van der Waals surface area contributed by atoms with Crippen molar-refractivity contribution in [1.82, 2.24) is 0 Å². The molecule has 0 aliphatic heterocycles. The zero-order chi connectivity index (χ0) is 39.2. The number of rotatable bonds is 12. The lowest BCUT2D eigenvalue weighted by molar-refractivity contribution is -0.196. The fourth-order valence-electron chi connectivity index (χ4n) is 8.54. The van der Waals surface area contributed by atoms with E-state index in [-0.39, 0.29) is 23.8 Å². The highest BCUT2D eigenvalue weighted by Gasteiger charge is 2.47. The Morgan fingerprint density at radius 3 is 1.70 bits per heavy atom. The molecule has 2 aliphatic rings. The molecule has 0 saturated carbocycles. The smallest absolute Gasteiger partial charge is 0.255 e. The minimum atomic E-state index is -0.119. The fourth-order valence-corrected chi connectivity index (χ4v) is 8.54. The lowest BCUT2D eigenvalue weighted by Crippen LogP contribution is -2.24. The van der Waals surface area contributed by atoms with Gasteiger partial charge in [-0.15, -0.1) is 0 Å². The second kappa shape index (κ2) is 16.7. The molecule has 2 N–H and O–H groups in total. The number of benzene rings is 6. The maximum Gasteiger partial charge on any atom is 0.255 e. The Morgan fingerprint density at radius 2 is 1.12 bits per heavy atom. The SMILES string of the molecule is Cc1ccccc1C(=O)Nc1ccc(/C=C/COOc2cccc3c2C2(CCc4cccc(C/C=C/c5ccc(NC(=O)c6ccccc6C)cc5)c42)CC3)cc1. The number of hydrogen-bond donors (Lipinski definition) is 2. The molecule has 0 radical (unpaired) electrons. The molecule has 6 nitrogen and oxygen atoms in total. The maximum absolute atomic E-state index is 12.8.